The fraction of sp³-hybridized carbons (Fsp3) is 0.250. The van der Waals surface area contributed by atoms with Crippen molar-refractivity contribution in [2.24, 2.45) is 0 Å². The van der Waals surface area contributed by atoms with E-state index in [1.165, 1.54) is 13.2 Å². The first-order chi connectivity index (χ1) is 5.74. The molecule has 1 atom stereocenters. The van der Waals surface area contributed by atoms with Crippen molar-refractivity contribution in [1.82, 2.24) is 0 Å². The molecule has 0 N–H and O–H groups in total. The van der Waals surface area contributed by atoms with Crippen LogP contribution in [0.1, 0.15) is 18.8 Å². The topological polar surface area (TPSA) is 56.5 Å². The summed E-state index contributed by atoms with van der Waals surface area (Å²) in [6.07, 6.45) is 1.01. The summed E-state index contributed by atoms with van der Waals surface area (Å²) in [6, 6.07) is 3.19. The molecule has 0 spiro atoms. The van der Waals surface area contributed by atoms with Crippen molar-refractivity contribution in [3.8, 4) is 0 Å². The number of carbonyl (C=O) groups excluding carboxylic acids is 2. The molecule has 1 heterocycles. The van der Waals surface area contributed by atoms with Crippen LogP contribution < -0.4 is 0 Å². The predicted octanol–water partition coefficient (Wildman–Crippen LogP) is 1.08. The van der Waals surface area contributed by atoms with E-state index in [1.807, 2.05) is 0 Å². The maximum atomic E-state index is 10.5. The van der Waals surface area contributed by atoms with E-state index in [0.717, 1.165) is 0 Å². The van der Waals surface area contributed by atoms with Gasteiger partial charge in [0.25, 0.3) is 0 Å². The quantitative estimate of drug-likeness (QED) is 0.500. The summed E-state index contributed by atoms with van der Waals surface area (Å²) < 4.78 is 9.52. The lowest BCUT2D eigenvalue weighted by atomic mass is 10.3. The Labute approximate surface area is 69.1 Å². The highest BCUT2D eigenvalue weighted by molar-refractivity contribution is 5.70. The van der Waals surface area contributed by atoms with Gasteiger partial charge >= 0.3 is 5.97 Å². The summed E-state index contributed by atoms with van der Waals surface area (Å²) in [4.78, 5) is 20.9. The molecule has 4 heteroatoms. The van der Waals surface area contributed by atoms with Gasteiger partial charge in [-0.1, -0.05) is 0 Å². The van der Waals surface area contributed by atoms with E-state index in [0.29, 0.717) is 12.0 Å². The lowest BCUT2D eigenvalue weighted by molar-refractivity contribution is -0.150. The molecule has 0 radical (unpaired) electrons. The van der Waals surface area contributed by atoms with E-state index in [2.05, 4.69) is 4.74 Å². The van der Waals surface area contributed by atoms with Gasteiger partial charge in [0, 0.05) is 6.92 Å². The maximum Gasteiger partial charge on any atom is 0.303 e. The molecule has 0 aliphatic carbocycles. The highest BCUT2D eigenvalue weighted by atomic mass is 16.6. The van der Waals surface area contributed by atoms with Crippen molar-refractivity contribution in [2.45, 2.75) is 13.0 Å². The van der Waals surface area contributed by atoms with Gasteiger partial charge in [0.15, 0.2) is 12.0 Å². The third-order valence-electron chi connectivity index (χ3n) is 1.24. The Kier molecular flexibility index (Phi) is 2.63. The normalized spacial score (nSPS) is 12.1. The van der Waals surface area contributed by atoms with Gasteiger partial charge in [0.2, 0.25) is 6.10 Å². The first-order valence-electron chi connectivity index (χ1n) is 3.40. The number of hydrogen-bond donors (Lipinski definition) is 0. The van der Waals surface area contributed by atoms with Gasteiger partial charge in [0.05, 0.1) is 6.26 Å². The predicted molar refractivity (Wildman–Crippen MR) is 39.3 cm³/mol. The van der Waals surface area contributed by atoms with E-state index in [1.54, 1.807) is 12.1 Å². The average molecular weight is 168 g/mol. The minimum Gasteiger partial charge on any atom is -0.465 e. The summed E-state index contributed by atoms with van der Waals surface area (Å²) in [6.45, 7) is 1.24. The van der Waals surface area contributed by atoms with Crippen molar-refractivity contribution in [3.05, 3.63) is 24.2 Å². The number of carbonyl (C=O) groups is 2. The van der Waals surface area contributed by atoms with Gasteiger partial charge in [-0.05, 0) is 12.1 Å². The molecule has 4 nitrogen and oxygen atoms in total. The molecule has 1 aromatic rings. The van der Waals surface area contributed by atoms with Crippen LogP contribution in [0.15, 0.2) is 22.8 Å². The van der Waals surface area contributed by atoms with Crippen molar-refractivity contribution < 1.29 is 18.7 Å². The number of hydrogen-bond acceptors (Lipinski definition) is 4. The van der Waals surface area contributed by atoms with Crippen LogP contribution in [0.4, 0.5) is 0 Å². The first-order valence-corrected chi connectivity index (χ1v) is 3.40. The Morgan fingerprint density at radius 3 is 2.92 bits per heavy atom. The SMILES string of the molecule is CC(=O)OC(C=O)c1ccco1. The summed E-state index contributed by atoms with van der Waals surface area (Å²) in [7, 11) is 0. The van der Waals surface area contributed by atoms with Crippen LogP contribution >= 0.6 is 0 Å². The lowest BCUT2D eigenvalue weighted by Crippen LogP contribution is -2.08. The van der Waals surface area contributed by atoms with Crippen LogP contribution in [0, 0.1) is 0 Å². The largest absolute Gasteiger partial charge is 0.465 e. The molecule has 0 aromatic carbocycles. The maximum absolute atomic E-state index is 10.5. The van der Waals surface area contributed by atoms with Crippen molar-refractivity contribution in [3.63, 3.8) is 0 Å². The van der Waals surface area contributed by atoms with Gasteiger partial charge in [-0.25, -0.2) is 0 Å². The van der Waals surface area contributed by atoms with E-state index in [-0.39, 0.29) is 0 Å². The minimum absolute atomic E-state index is 0.334. The average Bonchev–Trinajstić information content (AvgIpc) is 2.51. The van der Waals surface area contributed by atoms with Gasteiger partial charge in [-0.3, -0.25) is 9.59 Å². The highest BCUT2D eigenvalue weighted by Gasteiger charge is 2.15. The zero-order chi connectivity index (χ0) is 8.97. The molecule has 1 rings (SSSR count). The summed E-state index contributed by atoms with van der Waals surface area (Å²) in [5.74, 6) is -0.177. The Bertz CT molecular complexity index is 263. The fourth-order valence-corrected chi connectivity index (χ4v) is 0.785. The molecule has 0 aliphatic rings. The number of aldehydes is 1. The third kappa shape index (κ3) is 1.95. The van der Waals surface area contributed by atoms with Crippen LogP contribution in [-0.2, 0) is 14.3 Å². The monoisotopic (exact) mass is 168 g/mol. The molecule has 0 amide bonds. The molecule has 12 heavy (non-hydrogen) atoms. The fourth-order valence-electron chi connectivity index (χ4n) is 0.785. The highest BCUT2D eigenvalue weighted by Crippen LogP contribution is 2.14. The van der Waals surface area contributed by atoms with Crippen LogP contribution in [0.25, 0.3) is 0 Å². The molecule has 1 aromatic heterocycles. The van der Waals surface area contributed by atoms with E-state index in [4.69, 9.17) is 4.42 Å². The molecule has 0 saturated carbocycles. The molecule has 0 fully saturated rings. The molecule has 0 aliphatic heterocycles. The Morgan fingerprint density at radius 1 is 1.75 bits per heavy atom. The molecule has 0 saturated heterocycles. The minimum atomic E-state index is -0.919. The van der Waals surface area contributed by atoms with Gasteiger partial charge in [-0.2, -0.15) is 0 Å². The molecule has 64 valence electrons. The zero-order valence-corrected chi connectivity index (χ0v) is 6.52. The number of ether oxygens (including phenoxy) is 1. The molecular formula is C8H8O4. The number of rotatable bonds is 3. The van der Waals surface area contributed by atoms with E-state index in [9.17, 15) is 9.59 Å². The van der Waals surface area contributed by atoms with Crippen LogP contribution in [0.5, 0.6) is 0 Å². The van der Waals surface area contributed by atoms with Gasteiger partial charge in [0.1, 0.15) is 0 Å². The molecule has 0 bridgehead atoms. The van der Waals surface area contributed by atoms with Crippen LogP contribution in [0.2, 0.25) is 0 Å². The van der Waals surface area contributed by atoms with Crippen LogP contribution in [-0.4, -0.2) is 12.3 Å². The first kappa shape index (κ1) is 8.52. The van der Waals surface area contributed by atoms with Crippen molar-refractivity contribution in [2.75, 3.05) is 0 Å². The van der Waals surface area contributed by atoms with Gasteiger partial charge in [-0.15, -0.1) is 0 Å². The van der Waals surface area contributed by atoms with E-state index < -0.39 is 12.1 Å². The lowest BCUT2D eigenvalue weighted by Gasteiger charge is -2.06. The van der Waals surface area contributed by atoms with Crippen LogP contribution in [0.3, 0.4) is 0 Å². The van der Waals surface area contributed by atoms with E-state index >= 15 is 0 Å². The Morgan fingerprint density at radius 2 is 2.50 bits per heavy atom. The standard InChI is InChI=1S/C8H8O4/c1-6(10)12-8(5-9)7-3-2-4-11-7/h2-5,8H,1H3. The van der Waals surface area contributed by atoms with Gasteiger partial charge < -0.3 is 9.15 Å². The Balaban J connectivity index is 2.69. The smallest absolute Gasteiger partial charge is 0.303 e. The second-order valence-electron chi connectivity index (χ2n) is 2.18. The summed E-state index contributed by atoms with van der Waals surface area (Å²) in [5, 5.41) is 0. The zero-order valence-electron chi connectivity index (χ0n) is 6.52. The van der Waals surface area contributed by atoms with Crippen molar-refractivity contribution in [1.29, 1.82) is 0 Å². The second-order valence-corrected chi connectivity index (χ2v) is 2.18. The summed E-state index contributed by atoms with van der Waals surface area (Å²) >= 11 is 0. The Hall–Kier alpha value is -1.58. The number of furan rings is 1. The molecular weight excluding hydrogens is 160 g/mol. The third-order valence-corrected chi connectivity index (χ3v) is 1.24. The second kappa shape index (κ2) is 3.71. The summed E-state index contributed by atoms with van der Waals surface area (Å²) in [5.41, 5.74) is 0. The van der Waals surface area contributed by atoms with Crippen molar-refractivity contribution >= 4 is 12.3 Å². The molecule has 1 unspecified atom stereocenters. The number of esters is 1.